The highest BCUT2D eigenvalue weighted by Crippen LogP contribution is 2.54. The van der Waals surface area contributed by atoms with Gasteiger partial charge in [0, 0.05) is 11.8 Å². The molecule has 0 fully saturated rings. The zero-order chi connectivity index (χ0) is 45.0. The van der Waals surface area contributed by atoms with Crippen LogP contribution in [-0.2, 0) is 10.8 Å². The Morgan fingerprint density at radius 1 is 0.424 bits per heavy atom. The maximum Gasteiger partial charge on any atom is 0.0205 e. The summed E-state index contributed by atoms with van der Waals surface area (Å²) in [7, 11) is 0. The molecule has 2 unspecified atom stereocenters. The molecule has 0 heterocycles. The molecule has 13 rings (SSSR count). The van der Waals surface area contributed by atoms with Crippen molar-refractivity contribution in [1.82, 2.24) is 0 Å². The van der Waals surface area contributed by atoms with Crippen LogP contribution in [0.5, 0.6) is 0 Å². The van der Waals surface area contributed by atoms with Gasteiger partial charge in [-0.05, 0) is 178 Å². The fraction of sp³-hybridized carbons (Fsp3) is 0.212. The van der Waals surface area contributed by atoms with Gasteiger partial charge in [-0.1, -0.05) is 201 Å². The highest BCUT2D eigenvalue weighted by atomic mass is 14.4. The lowest BCUT2D eigenvalue weighted by Crippen LogP contribution is -2.30. The van der Waals surface area contributed by atoms with E-state index in [2.05, 4.69) is 219 Å². The van der Waals surface area contributed by atoms with E-state index in [9.17, 15) is 0 Å². The van der Waals surface area contributed by atoms with E-state index in [0.717, 1.165) is 6.42 Å². The van der Waals surface area contributed by atoms with Crippen LogP contribution in [-0.4, -0.2) is 0 Å². The second-order valence-electron chi connectivity index (χ2n) is 22.5. The topological polar surface area (TPSA) is 0 Å². The maximum atomic E-state index is 2.50. The maximum absolute atomic E-state index is 2.50. The largest absolute Gasteiger partial charge is 0.0625 e. The predicted molar refractivity (Wildman–Crippen MR) is 286 cm³/mol. The monoisotopic (exact) mass is 848 g/mol. The smallest absolute Gasteiger partial charge is 0.0205 e. The molecule has 320 valence electrons. The van der Waals surface area contributed by atoms with E-state index in [0.29, 0.717) is 17.8 Å². The third-order valence-corrected chi connectivity index (χ3v) is 15.6. The standard InChI is InChI=1S/C66H56/c1-37(2)27-38-28-42-12-9-39-15-21-53(56-24-18-43(29-38)59(42)62(39)56)48-30-49(54-22-16-40-10-13-44-33-51(65(3,4)5)35-46-19-25-57(54)63(40)60(44)46)32-50(31-48)55-23-17-41-11-14-45-34-52(66(6,7)8)36-47-20-26-58(55)64(41)61(45)47/h9-26,28-37,59,62H,27H2,1-8H3. The van der Waals surface area contributed by atoms with E-state index in [1.54, 1.807) is 0 Å². The molecule has 66 heavy (non-hydrogen) atoms. The van der Waals surface area contributed by atoms with Crippen molar-refractivity contribution < 1.29 is 0 Å². The van der Waals surface area contributed by atoms with Crippen LogP contribution in [0, 0.1) is 17.8 Å². The Morgan fingerprint density at radius 3 is 1.42 bits per heavy atom. The van der Waals surface area contributed by atoms with Gasteiger partial charge in [-0.15, -0.1) is 0 Å². The molecule has 0 aromatic heterocycles. The summed E-state index contributed by atoms with van der Waals surface area (Å²) in [4.78, 5) is 0. The van der Waals surface area contributed by atoms with Gasteiger partial charge in [0.25, 0.3) is 0 Å². The fourth-order valence-corrected chi connectivity index (χ4v) is 12.3. The molecule has 4 aliphatic rings. The zero-order valence-corrected chi connectivity index (χ0v) is 39.5. The van der Waals surface area contributed by atoms with Crippen molar-refractivity contribution in [2.45, 2.75) is 72.6 Å². The molecule has 0 N–H and O–H groups in total. The molecule has 0 heteroatoms. The first-order valence-corrected chi connectivity index (χ1v) is 24.3. The van der Waals surface area contributed by atoms with Gasteiger partial charge in [0.15, 0.2) is 0 Å². The van der Waals surface area contributed by atoms with Crippen LogP contribution in [0.3, 0.4) is 0 Å². The van der Waals surface area contributed by atoms with Crippen molar-refractivity contribution >= 4 is 70.2 Å². The Bertz CT molecular complexity index is 3590. The molecule has 0 amide bonds. The van der Waals surface area contributed by atoms with Crippen molar-refractivity contribution in [1.29, 1.82) is 0 Å². The van der Waals surface area contributed by atoms with E-state index in [1.165, 1.54) is 137 Å². The van der Waals surface area contributed by atoms with Gasteiger partial charge in [0.2, 0.25) is 0 Å². The van der Waals surface area contributed by atoms with E-state index < -0.39 is 0 Å². The van der Waals surface area contributed by atoms with Crippen LogP contribution in [0.25, 0.3) is 92.5 Å². The van der Waals surface area contributed by atoms with Gasteiger partial charge >= 0.3 is 0 Å². The van der Waals surface area contributed by atoms with E-state index in [-0.39, 0.29) is 10.8 Å². The highest BCUT2D eigenvalue weighted by molar-refractivity contribution is 6.27. The normalized spacial score (nSPS) is 18.4. The summed E-state index contributed by atoms with van der Waals surface area (Å²) in [5.41, 5.74) is 17.7. The summed E-state index contributed by atoms with van der Waals surface area (Å²) < 4.78 is 0. The van der Waals surface area contributed by atoms with Crippen LogP contribution in [0.2, 0.25) is 0 Å². The van der Waals surface area contributed by atoms with Crippen LogP contribution < -0.4 is 0 Å². The average Bonchev–Trinajstić information content (AvgIpc) is 3.30. The molecule has 4 aliphatic carbocycles. The molecule has 9 aromatic rings. The quantitative estimate of drug-likeness (QED) is 0.151. The van der Waals surface area contributed by atoms with E-state index in [1.807, 2.05) is 0 Å². The third kappa shape index (κ3) is 5.96. The number of rotatable bonds is 5. The van der Waals surface area contributed by atoms with Gasteiger partial charge in [0.05, 0.1) is 0 Å². The fourth-order valence-electron chi connectivity index (χ4n) is 12.3. The van der Waals surface area contributed by atoms with E-state index in [4.69, 9.17) is 0 Å². The van der Waals surface area contributed by atoms with Crippen molar-refractivity contribution in [3.05, 3.63) is 208 Å². The Balaban J connectivity index is 1.05. The Labute approximate surface area is 389 Å². The molecule has 0 aliphatic heterocycles. The minimum Gasteiger partial charge on any atom is -0.0625 e. The van der Waals surface area contributed by atoms with Crippen LogP contribution in [0.1, 0.15) is 78.5 Å². The summed E-state index contributed by atoms with van der Waals surface area (Å²) in [5.74, 6) is 1.26. The predicted octanol–water partition coefficient (Wildman–Crippen LogP) is 18.3. The first-order valence-electron chi connectivity index (χ1n) is 24.3. The first-order chi connectivity index (χ1) is 31.7. The van der Waals surface area contributed by atoms with Crippen molar-refractivity contribution in [2.24, 2.45) is 17.8 Å². The van der Waals surface area contributed by atoms with Crippen molar-refractivity contribution in [3.63, 3.8) is 0 Å². The number of allylic oxidation sites excluding steroid dienone is 14. The van der Waals surface area contributed by atoms with Crippen molar-refractivity contribution in [2.75, 3.05) is 0 Å². The molecule has 0 radical (unpaired) electrons. The van der Waals surface area contributed by atoms with E-state index >= 15 is 0 Å². The second-order valence-corrected chi connectivity index (χ2v) is 22.5. The summed E-state index contributed by atoms with van der Waals surface area (Å²) in [6, 6.07) is 45.6. The lowest BCUT2D eigenvalue weighted by atomic mass is 9.62. The molecule has 0 bridgehead atoms. The number of hydrogen-bond acceptors (Lipinski definition) is 0. The molecule has 9 aromatic carbocycles. The van der Waals surface area contributed by atoms with Crippen molar-refractivity contribution in [3.8, 4) is 22.3 Å². The highest BCUT2D eigenvalue weighted by Gasteiger charge is 2.40. The third-order valence-electron chi connectivity index (χ3n) is 15.6. The summed E-state index contributed by atoms with van der Waals surface area (Å²) in [6.45, 7) is 18.6. The van der Waals surface area contributed by atoms with Crippen LogP contribution >= 0.6 is 0 Å². The Morgan fingerprint density at radius 2 is 0.894 bits per heavy atom. The minimum absolute atomic E-state index is 0.0675. The molecule has 0 saturated carbocycles. The first kappa shape index (κ1) is 39.6. The summed E-state index contributed by atoms with van der Waals surface area (Å²) >= 11 is 0. The minimum atomic E-state index is 0.0675. The molecule has 0 saturated heterocycles. The molecule has 0 nitrogen and oxygen atoms in total. The van der Waals surface area contributed by atoms with Gasteiger partial charge in [-0.25, -0.2) is 0 Å². The second kappa shape index (κ2) is 13.9. The molecular weight excluding hydrogens is 793 g/mol. The Kier molecular flexibility index (Phi) is 8.33. The van der Waals surface area contributed by atoms with Gasteiger partial charge in [-0.2, -0.15) is 0 Å². The molecule has 0 spiro atoms. The van der Waals surface area contributed by atoms with Crippen LogP contribution in [0.4, 0.5) is 0 Å². The Hall–Kier alpha value is -6.76. The van der Waals surface area contributed by atoms with Gasteiger partial charge < -0.3 is 0 Å². The number of benzene rings is 9. The SMILES string of the molecule is CC(C)CC1=CC2=CC=C3C(c4cc(-c5ccc6ccc7cc(C(C)(C)C)cc8ccc5c6c78)cc(-c5ccc6ccc7cc(C(C)(C)C)cc8ccc5c6c78)c4)=CC=C4C=CC(=C1)C2C43. The lowest BCUT2D eigenvalue weighted by Gasteiger charge is -2.42. The molecule has 2 atom stereocenters. The summed E-state index contributed by atoms with van der Waals surface area (Å²) in [6.07, 6.45) is 20.6. The molecular formula is C66H56. The number of hydrogen-bond donors (Lipinski definition) is 0. The van der Waals surface area contributed by atoms with Gasteiger partial charge in [-0.3, -0.25) is 0 Å². The zero-order valence-electron chi connectivity index (χ0n) is 39.5. The van der Waals surface area contributed by atoms with Gasteiger partial charge in [0.1, 0.15) is 0 Å². The van der Waals surface area contributed by atoms with Crippen LogP contribution in [0.15, 0.2) is 192 Å². The summed E-state index contributed by atoms with van der Waals surface area (Å²) in [5, 5.41) is 15.9. The lowest BCUT2D eigenvalue weighted by molar-refractivity contribution is 0.560. The average molecular weight is 849 g/mol.